The third-order valence-electron chi connectivity index (χ3n) is 7.71. The van der Waals surface area contributed by atoms with Crippen LogP contribution in [0.3, 0.4) is 0 Å². The second-order valence-corrected chi connectivity index (χ2v) is 13.0. The first-order chi connectivity index (χ1) is 20.6. The van der Waals surface area contributed by atoms with Crippen LogP contribution < -0.4 is 14.4 Å². The summed E-state index contributed by atoms with van der Waals surface area (Å²) in [5.41, 5.74) is 1.88. The topological polar surface area (TPSA) is 96.0 Å². The molecule has 0 saturated heterocycles. The van der Waals surface area contributed by atoms with E-state index in [1.807, 2.05) is 26.8 Å². The lowest BCUT2D eigenvalue weighted by Crippen LogP contribution is -2.53. The lowest BCUT2D eigenvalue weighted by Gasteiger charge is -2.34. The number of carbonyl (C=O) groups excluding carboxylic acids is 2. The Kier molecular flexibility index (Phi) is 11.1. The number of nitrogens with zero attached hydrogens (tertiary/aromatic N) is 2. The van der Waals surface area contributed by atoms with Crippen LogP contribution in [0.25, 0.3) is 0 Å². The van der Waals surface area contributed by atoms with Gasteiger partial charge in [0.15, 0.2) is 0 Å². The van der Waals surface area contributed by atoms with Crippen molar-refractivity contribution in [1.82, 2.24) is 10.2 Å². The molecule has 3 aromatic carbocycles. The number of sulfonamides is 1. The summed E-state index contributed by atoms with van der Waals surface area (Å²) in [6.45, 7) is 5.58. The van der Waals surface area contributed by atoms with Crippen molar-refractivity contribution in [3.8, 4) is 5.75 Å². The first kappa shape index (κ1) is 32.4. The van der Waals surface area contributed by atoms with Gasteiger partial charge >= 0.3 is 0 Å². The van der Waals surface area contributed by atoms with Crippen LogP contribution in [0, 0.1) is 6.92 Å². The molecule has 0 aromatic heterocycles. The first-order valence-corrected chi connectivity index (χ1v) is 16.6. The molecule has 1 fully saturated rings. The molecule has 1 saturated carbocycles. The number of nitrogens with one attached hydrogen (secondary N) is 1. The lowest BCUT2D eigenvalue weighted by atomic mass is 10.1. The molecule has 1 aliphatic carbocycles. The molecule has 1 aliphatic rings. The number of hydrogen-bond acceptors (Lipinski definition) is 5. The lowest BCUT2D eigenvalue weighted by molar-refractivity contribution is -0.140. The number of aryl methyl sites for hydroxylation is 1. The van der Waals surface area contributed by atoms with Crippen LogP contribution in [0.5, 0.6) is 5.75 Å². The second kappa shape index (κ2) is 14.8. The molecule has 4 rings (SSSR count). The van der Waals surface area contributed by atoms with E-state index in [1.165, 1.54) is 17.0 Å². The van der Waals surface area contributed by atoms with E-state index in [2.05, 4.69) is 5.32 Å². The summed E-state index contributed by atoms with van der Waals surface area (Å²) in [5, 5.41) is 3.58. The van der Waals surface area contributed by atoms with Gasteiger partial charge in [-0.15, -0.1) is 0 Å². The van der Waals surface area contributed by atoms with Crippen molar-refractivity contribution in [1.29, 1.82) is 0 Å². The van der Waals surface area contributed by atoms with E-state index in [0.29, 0.717) is 35.1 Å². The summed E-state index contributed by atoms with van der Waals surface area (Å²) in [5.74, 6) is -0.179. The minimum Gasteiger partial charge on any atom is -0.494 e. The maximum absolute atomic E-state index is 14.3. The summed E-state index contributed by atoms with van der Waals surface area (Å²) in [6, 6.07) is 19.5. The van der Waals surface area contributed by atoms with E-state index >= 15 is 0 Å². The molecule has 0 aliphatic heterocycles. The molecule has 43 heavy (non-hydrogen) atoms. The number of amides is 2. The second-order valence-electron chi connectivity index (χ2n) is 10.8. The summed E-state index contributed by atoms with van der Waals surface area (Å²) in [6.07, 6.45) is 4.26. The van der Waals surface area contributed by atoms with Gasteiger partial charge in [0.05, 0.1) is 17.2 Å². The number of ether oxygens (including phenoxy) is 1. The summed E-state index contributed by atoms with van der Waals surface area (Å²) < 4.78 is 34.7. The highest BCUT2D eigenvalue weighted by Crippen LogP contribution is 2.28. The third kappa shape index (κ3) is 8.09. The monoisotopic (exact) mass is 625 g/mol. The summed E-state index contributed by atoms with van der Waals surface area (Å²) >= 11 is 6.49. The van der Waals surface area contributed by atoms with Gasteiger partial charge in [0, 0.05) is 17.6 Å². The fourth-order valence-corrected chi connectivity index (χ4v) is 6.95. The van der Waals surface area contributed by atoms with E-state index in [1.54, 1.807) is 54.6 Å². The van der Waals surface area contributed by atoms with E-state index in [4.69, 9.17) is 16.3 Å². The molecule has 1 atom stereocenters. The Morgan fingerprint density at radius 1 is 0.977 bits per heavy atom. The van der Waals surface area contributed by atoms with Crippen LogP contribution in [-0.2, 0) is 26.2 Å². The van der Waals surface area contributed by atoms with Crippen LogP contribution in [0.2, 0.25) is 5.02 Å². The normalized spacial score (nSPS) is 14.2. The zero-order chi connectivity index (χ0) is 31.0. The fraction of sp³-hybridized carbons (Fsp3) is 0.394. The van der Waals surface area contributed by atoms with Crippen LogP contribution in [0.1, 0.15) is 57.1 Å². The average Bonchev–Trinajstić information content (AvgIpc) is 3.50. The minimum atomic E-state index is -4.16. The number of anilines is 1. The van der Waals surface area contributed by atoms with Gasteiger partial charge in [-0.25, -0.2) is 8.42 Å². The molecule has 0 radical (unpaired) electrons. The van der Waals surface area contributed by atoms with Crippen molar-refractivity contribution < 1.29 is 22.7 Å². The van der Waals surface area contributed by atoms with Crippen LogP contribution >= 0.6 is 11.6 Å². The molecule has 1 N–H and O–H groups in total. The van der Waals surface area contributed by atoms with Gasteiger partial charge in [-0.05, 0) is 81.1 Å². The third-order valence-corrected chi connectivity index (χ3v) is 9.87. The Morgan fingerprint density at radius 2 is 1.63 bits per heavy atom. The van der Waals surface area contributed by atoms with E-state index < -0.39 is 28.5 Å². The molecule has 3 aromatic rings. The van der Waals surface area contributed by atoms with Crippen LogP contribution in [0.4, 0.5) is 5.69 Å². The van der Waals surface area contributed by atoms with Crippen molar-refractivity contribution in [2.24, 2.45) is 0 Å². The highest BCUT2D eigenvalue weighted by Gasteiger charge is 2.34. The number of rotatable bonds is 13. The Hall–Kier alpha value is -3.56. The molecule has 230 valence electrons. The molecule has 0 heterocycles. The summed E-state index contributed by atoms with van der Waals surface area (Å²) in [7, 11) is -4.16. The fourth-order valence-electron chi connectivity index (χ4n) is 5.34. The van der Waals surface area contributed by atoms with Crippen molar-refractivity contribution in [2.75, 3.05) is 17.5 Å². The Labute approximate surface area is 260 Å². The minimum absolute atomic E-state index is 0.0524. The van der Waals surface area contributed by atoms with E-state index in [9.17, 15) is 18.0 Å². The van der Waals surface area contributed by atoms with Gasteiger partial charge < -0.3 is 15.0 Å². The van der Waals surface area contributed by atoms with E-state index in [-0.39, 0.29) is 23.4 Å². The highest BCUT2D eigenvalue weighted by molar-refractivity contribution is 7.92. The molecule has 0 spiro atoms. The molecule has 8 nitrogen and oxygen atoms in total. The standard InChI is InChI=1S/C33H40ClN3O5S/c1-4-31(33(39)35-26-11-7-8-12-26)36(22-25-10-6-9-13-30(25)34)32(38)23-37(27-16-18-28(19-17-27)42-5-2)43(40,41)29-20-14-24(3)15-21-29/h6,9-10,13-21,26,31H,4-5,7-8,11-12,22-23H2,1-3H3,(H,35,39)/t31-/m0/s1. The number of hydrogen-bond donors (Lipinski definition) is 1. The van der Waals surface area contributed by atoms with Gasteiger partial charge in [0.2, 0.25) is 11.8 Å². The van der Waals surface area contributed by atoms with Crippen molar-refractivity contribution in [2.45, 2.75) is 76.4 Å². The first-order valence-electron chi connectivity index (χ1n) is 14.8. The average molecular weight is 626 g/mol. The van der Waals surface area contributed by atoms with Crippen LogP contribution in [0.15, 0.2) is 77.7 Å². The number of benzene rings is 3. The van der Waals surface area contributed by atoms with Gasteiger partial charge in [-0.1, -0.05) is 67.3 Å². The predicted molar refractivity (Wildman–Crippen MR) is 170 cm³/mol. The van der Waals surface area contributed by atoms with Gasteiger partial charge in [-0.2, -0.15) is 0 Å². The van der Waals surface area contributed by atoms with Gasteiger partial charge in [-0.3, -0.25) is 13.9 Å². The molecule has 2 amide bonds. The van der Waals surface area contributed by atoms with Gasteiger partial charge in [0.1, 0.15) is 18.3 Å². The Bertz CT molecular complexity index is 1490. The quantitative estimate of drug-likeness (QED) is 0.247. The molecule has 0 bridgehead atoms. The van der Waals surface area contributed by atoms with Crippen molar-refractivity contribution >= 4 is 39.1 Å². The van der Waals surface area contributed by atoms with Crippen molar-refractivity contribution in [3.63, 3.8) is 0 Å². The van der Waals surface area contributed by atoms with Crippen LogP contribution in [-0.4, -0.2) is 50.4 Å². The Balaban J connectivity index is 1.72. The summed E-state index contributed by atoms with van der Waals surface area (Å²) in [4.78, 5) is 29.3. The van der Waals surface area contributed by atoms with E-state index in [0.717, 1.165) is 35.6 Å². The van der Waals surface area contributed by atoms with Crippen molar-refractivity contribution in [3.05, 3.63) is 88.9 Å². The maximum atomic E-state index is 14.3. The largest absolute Gasteiger partial charge is 0.494 e. The van der Waals surface area contributed by atoms with Gasteiger partial charge in [0.25, 0.3) is 10.0 Å². The zero-order valence-corrected chi connectivity index (χ0v) is 26.5. The zero-order valence-electron chi connectivity index (χ0n) is 25.0. The Morgan fingerprint density at radius 3 is 2.23 bits per heavy atom. The highest BCUT2D eigenvalue weighted by atomic mass is 35.5. The SMILES string of the molecule is CCOc1ccc(N(CC(=O)N(Cc2ccccc2Cl)[C@@H](CC)C(=O)NC2CCCC2)S(=O)(=O)c2ccc(C)cc2)cc1. The molecule has 0 unspecified atom stereocenters. The smallest absolute Gasteiger partial charge is 0.264 e. The number of halogens is 1. The molecular formula is C33H40ClN3O5S. The molecular weight excluding hydrogens is 586 g/mol. The molecule has 10 heteroatoms. The predicted octanol–water partition coefficient (Wildman–Crippen LogP) is 6.11. The number of carbonyl (C=O) groups is 2. The maximum Gasteiger partial charge on any atom is 0.264 e.